The minimum Gasteiger partial charge on any atom is -0.381 e. The number of hydrogen-bond acceptors (Lipinski definition) is 4. The number of carbonyl (C=O) groups excluding carboxylic acids is 1. The molecule has 0 N–H and O–H groups in total. The van der Waals surface area contributed by atoms with Gasteiger partial charge in [-0.3, -0.25) is 9.69 Å². The molecule has 0 aromatic carbocycles. The second-order valence-electron chi connectivity index (χ2n) is 8.45. The maximum Gasteiger partial charge on any atom is 0.274 e. The minimum atomic E-state index is 0.0971. The zero-order valence-electron chi connectivity index (χ0n) is 16.0. The summed E-state index contributed by atoms with van der Waals surface area (Å²) < 4.78 is 7.51. The Morgan fingerprint density at radius 2 is 1.89 bits per heavy atom. The number of nitrogens with zero attached hydrogens (tertiary/aromatic N) is 4. The van der Waals surface area contributed by atoms with Crippen LogP contribution in [-0.2, 0) is 4.74 Å². The highest BCUT2D eigenvalue weighted by atomic mass is 16.5. The smallest absolute Gasteiger partial charge is 0.274 e. The van der Waals surface area contributed by atoms with Gasteiger partial charge in [0.1, 0.15) is 11.3 Å². The third kappa shape index (κ3) is 3.25. The van der Waals surface area contributed by atoms with Gasteiger partial charge in [0.2, 0.25) is 0 Å². The highest BCUT2D eigenvalue weighted by Crippen LogP contribution is 2.31. The molecule has 4 aliphatic rings. The number of fused-ring (bicyclic) bond motifs is 5. The molecular weight excluding hydrogens is 340 g/mol. The van der Waals surface area contributed by atoms with Gasteiger partial charge >= 0.3 is 0 Å². The first kappa shape index (κ1) is 17.2. The lowest BCUT2D eigenvalue weighted by Gasteiger charge is -2.36. The number of pyridine rings is 1. The third-order valence-corrected chi connectivity index (χ3v) is 6.53. The number of rotatable bonds is 2. The zero-order valence-corrected chi connectivity index (χ0v) is 16.0. The van der Waals surface area contributed by atoms with Crippen molar-refractivity contribution in [2.75, 3.05) is 32.8 Å². The number of amides is 1. The molecule has 6 rings (SSSR count). The van der Waals surface area contributed by atoms with Crippen molar-refractivity contribution in [1.82, 2.24) is 19.2 Å². The summed E-state index contributed by atoms with van der Waals surface area (Å²) in [6.45, 7) is 6.80. The van der Waals surface area contributed by atoms with Crippen molar-refractivity contribution < 1.29 is 9.53 Å². The molecule has 6 heteroatoms. The van der Waals surface area contributed by atoms with Crippen molar-refractivity contribution in [1.29, 1.82) is 0 Å². The Balaban J connectivity index is 1.37. The Morgan fingerprint density at radius 1 is 1.04 bits per heavy atom. The van der Waals surface area contributed by atoms with E-state index >= 15 is 0 Å². The summed E-state index contributed by atoms with van der Waals surface area (Å²) in [5, 5.41) is 0. The van der Waals surface area contributed by atoms with E-state index in [4.69, 9.17) is 4.74 Å². The van der Waals surface area contributed by atoms with Crippen LogP contribution < -0.4 is 0 Å². The molecule has 27 heavy (non-hydrogen) atoms. The van der Waals surface area contributed by atoms with Gasteiger partial charge in [0.05, 0.1) is 0 Å². The predicted molar refractivity (Wildman–Crippen MR) is 103 cm³/mol. The zero-order chi connectivity index (χ0) is 18.4. The summed E-state index contributed by atoms with van der Waals surface area (Å²) in [5.41, 5.74) is 2.58. The monoisotopic (exact) mass is 368 g/mol. The van der Waals surface area contributed by atoms with Gasteiger partial charge in [-0.1, -0.05) is 6.07 Å². The molecule has 0 radical (unpaired) electrons. The van der Waals surface area contributed by atoms with E-state index in [0.29, 0.717) is 23.7 Å². The van der Waals surface area contributed by atoms with E-state index in [1.54, 1.807) is 0 Å². The van der Waals surface area contributed by atoms with Crippen LogP contribution in [0.4, 0.5) is 0 Å². The van der Waals surface area contributed by atoms with E-state index in [1.165, 1.54) is 12.0 Å². The van der Waals surface area contributed by atoms with Crippen molar-refractivity contribution in [3.63, 3.8) is 0 Å². The molecule has 6 nitrogen and oxygen atoms in total. The molecule has 2 aromatic heterocycles. The van der Waals surface area contributed by atoms with Gasteiger partial charge < -0.3 is 14.0 Å². The number of aromatic nitrogens is 2. The van der Waals surface area contributed by atoms with Gasteiger partial charge in [-0.05, 0) is 50.2 Å². The first-order valence-electron chi connectivity index (χ1n) is 10.3. The summed E-state index contributed by atoms with van der Waals surface area (Å²) in [7, 11) is 0. The molecular formula is C21H28N4O2. The molecule has 0 saturated carbocycles. The lowest BCUT2D eigenvalue weighted by Crippen LogP contribution is -2.48. The van der Waals surface area contributed by atoms with E-state index in [-0.39, 0.29) is 5.91 Å². The van der Waals surface area contributed by atoms with E-state index in [2.05, 4.69) is 21.7 Å². The molecule has 4 aliphatic heterocycles. The first-order valence-corrected chi connectivity index (χ1v) is 10.3. The Labute approximate surface area is 160 Å². The molecule has 1 amide bonds. The Hall–Kier alpha value is -1.92. The Kier molecular flexibility index (Phi) is 4.40. The van der Waals surface area contributed by atoms with E-state index in [0.717, 1.165) is 57.8 Å². The summed E-state index contributed by atoms with van der Waals surface area (Å²) >= 11 is 0. The van der Waals surface area contributed by atoms with Crippen LogP contribution in [0, 0.1) is 12.8 Å². The van der Waals surface area contributed by atoms with Crippen LogP contribution >= 0.6 is 0 Å². The second kappa shape index (κ2) is 6.91. The van der Waals surface area contributed by atoms with E-state index in [9.17, 15) is 4.79 Å². The van der Waals surface area contributed by atoms with Crippen LogP contribution in [0.3, 0.4) is 0 Å². The Morgan fingerprint density at radius 3 is 2.74 bits per heavy atom. The van der Waals surface area contributed by atoms with Gasteiger partial charge in [0, 0.05) is 57.3 Å². The molecule has 6 heterocycles. The van der Waals surface area contributed by atoms with Gasteiger partial charge in [0.25, 0.3) is 5.91 Å². The van der Waals surface area contributed by atoms with Crippen molar-refractivity contribution >= 4 is 11.6 Å². The Bertz CT molecular complexity index is 842. The van der Waals surface area contributed by atoms with Crippen molar-refractivity contribution in [2.24, 2.45) is 5.92 Å². The van der Waals surface area contributed by atoms with Crippen molar-refractivity contribution in [3.8, 4) is 0 Å². The summed E-state index contributed by atoms with van der Waals surface area (Å²) in [6.07, 6.45) is 8.51. The minimum absolute atomic E-state index is 0.0971. The fraction of sp³-hybridized carbons (Fsp3) is 0.619. The lowest BCUT2D eigenvalue weighted by atomic mass is 9.94. The number of hydrogen-bond donors (Lipinski definition) is 0. The second-order valence-corrected chi connectivity index (χ2v) is 8.45. The number of aryl methyl sites for hydroxylation is 1. The summed E-state index contributed by atoms with van der Waals surface area (Å²) in [4.78, 5) is 22.6. The molecule has 0 spiro atoms. The van der Waals surface area contributed by atoms with Crippen LogP contribution in [0.25, 0.3) is 5.65 Å². The number of carbonyl (C=O) groups is 1. The van der Waals surface area contributed by atoms with E-state index < -0.39 is 0 Å². The first-order chi connectivity index (χ1) is 13.2. The number of ether oxygens (including phenoxy) is 1. The van der Waals surface area contributed by atoms with Gasteiger partial charge in [0.15, 0.2) is 0 Å². The molecule has 2 aromatic rings. The van der Waals surface area contributed by atoms with Crippen LogP contribution in [0.2, 0.25) is 0 Å². The van der Waals surface area contributed by atoms with Gasteiger partial charge in [-0.25, -0.2) is 4.98 Å². The number of imidazole rings is 1. The van der Waals surface area contributed by atoms with Crippen LogP contribution in [-0.4, -0.2) is 70.0 Å². The fourth-order valence-electron chi connectivity index (χ4n) is 5.07. The maximum absolute atomic E-state index is 13.3. The van der Waals surface area contributed by atoms with E-state index in [1.807, 2.05) is 28.9 Å². The van der Waals surface area contributed by atoms with Gasteiger partial charge in [-0.15, -0.1) is 0 Å². The van der Waals surface area contributed by atoms with Gasteiger partial charge in [-0.2, -0.15) is 0 Å². The molecule has 2 atom stereocenters. The topological polar surface area (TPSA) is 50.1 Å². The highest BCUT2D eigenvalue weighted by molar-refractivity contribution is 5.93. The van der Waals surface area contributed by atoms with Crippen LogP contribution in [0.1, 0.15) is 41.7 Å². The molecule has 0 aliphatic carbocycles. The average Bonchev–Trinajstić information content (AvgIpc) is 2.89. The normalized spacial score (nSPS) is 27.2. The summed E-state index contributed by atoms with van der Waals surface area (Å²) in [6, 6.07) is 4.95. The average molecular weight is 368 g/mol. The highest BCUT2D eigenvalue weighted by Gasteiger charge is 2.40. The standard InChI is InChI=1S/C21H28N4O2/c1-15-2-5-20-22-19(14-24(20)10-15)21(26)25-12-16-3-4-18(25)13-23(11-16)17-6-8-27-9-7-17/h2,5,10,14,16-18H,3-4,6-9,11-13H2,1H3/t16-,18+/m0/s1. The lowest BCUT2D eigenvalue weighted by molar-refractivity contribution is 0.0304. The maximum atomic E-state index is 13.3. The SMILES string of the molecule is Cc1ccc2nc(C(=O)N3C[C@H]4CC[C@@H]3CN(C3CCOCC3)C4)cn2c1. The van der Waals surface area contributed by atoms with Crippen LogP contribution in [0.15, 0.2) is 24.5 Å². The largest absolute Gasteiger partial charge is 0.381 e. The van der Waals surface area contributed by atoms with Crippen LogP contribution in [0.5, 0.6) is 0 Å². The molecule has 0 unspecified atom stereocenters. The quantitative estimate of drug-likeness (QED) is 0.817. The van der Waals surface area contributed by atoms with Crippen molar-refractivity contribution in [3.05, 3.63) is 35.8 Å². The fourth-order valence-corrected chi connectivity index (χ4v) is 5.07. The predicted octanol–water partition coefficient (Wildman–Crippen LogP) is 2.36. The summed E-state index contributed by atoms with van der Waals surface area (Å²) in [5.74, 6) is 0.676. The third-order valence-electron chi connectivity index (χ3n) is 6.53. The molecule has 4 saturated heterocycles. The number of piperidine rings is 1. The molecule has 2 bridgehead atoms. The molecule has 144 valence electrons. The van der Waals surface area contributed by atoms with Crippen molar-refractivity contribution in [2.45, 2.75) is 44.7 Å². The molecule has 4 fully saturated rings.